The van der Waals surface area contributed by atoms with Gasteiger partial charge in [-0.05, 0) is 31.8 Å². The molecule has 0 aliphatic heterocycles. The minimum atomic E-state index is 0. The monoisotopic (exact) mass is 587 g/mol. The van der Waals surface area contributed by atoms with Gasteiger partial charge in [0, 0.05) is 32.6 Å². The van der Waals surface area contributed by atoms with Crippen molar-refractivity contribution in [2.75, 3.05) is 13.2 Å². The summed E-state index contributed by atoms with van der Waals surface area (Å²) in [6, 6.07) is 17.3. The fourth-order valence-electron chi connectivity index (χ4n) is 3.58. The van der Waals surface area contributed by atoms with E-state index in [9.17, 15) is 0 Å². The number of hydrogen-bond donors (Lipinski definition) is 1. The van der Waals surface area contributed by atoms with Crippen LogP contribution in [0.15, 0.2) is 60.3 Å². The number of benzene rings is 2. The molecular formula is C29H44IMgN2O+. The molecule has 0 heterocycles. The van der Waals surface area contributed by atoms with Crippen LogP contribution >= 0.6 is 0 Å². The number of allylic oxidation sites excluding steroid dienone is 2. The molecule has 1 N–H and O–H groups in total. The predicted molar refractivity (Wildman–Crippen MR) is 146 cm³/mol. The van der Waals surface area contributed by atoms with Crippen molar-refractivity contribution < 1.29 is 33.7 Å². The van der Waals surface area contributed by atoms with Crippen molar-refractivity contribution in [3.05, 3.63) is 82.3 Å². The van der Waals surface area contributed by atoms with Gasteiger partial charge >= 0.3 is 23.1 Å². The molecule has 5 heteroatoms. The van der Waals surface area contributed by atoms with E-state index in [2.05, 4.69) is 102 Å². The van der Waals surface area contributed by atoms with Crippen LogP contribution in [-0.4, -0.2) is 42.0 Å². The molecule has 0 unspecified atom stereocenters. The first-order valence-electron chi connectivity index (χ1n) is 12.0. The first-order valence-corrected chi connectivity index (χ1v) is 12.0. The van der Waals surface area contributed by atoms with Crippen LogP contribution in [0, 0.1) is 0 Å². The molecule has 0 spiro atoms. The zero-order valence-corrected chi connectivity index (χ0v) is 26.4. The van der Waals surface area contributed by atoms with Crippen molar-refractivity contribution in [2.45, 2.75) is 80.2 Å². The third kappa shape index (κ3) is 12.7. The molecular weight excluding hydrogens is 544 g/mol. The average molecular weight is 588 g/mol. The Bertz CT molecular complexity index is 835. The Kier molecular flexibility index (Phi) is 20.0. The molecule has 0 aliphatic rings. The van der Waals surface area contributed by atoms with Crippen LogP contribution in [0.1, 0.15) is 96.9 Å². The SMILES string of the molecule is CC(/C=C(/C)[N-]c1c(C(C)C)cccc1C(C)C)=[NH+][C@@H](C)c1ccccc1.CCOCC.[I-].[Mg+2]. The van der Waals surface area contributed by atoms with Gasteiger partial charge in [-0.25, -0.2) is 4.99 Å². The molecule has 184 valence electrons. The summed E-state index contributed by atoms with van der Waals surface area (Å²) in [5.74, 6) is 0.910. The van der Waals surface area contributed by atoms with Gasteiger partial charge in [-0.3, -0.25) is 0 Å². The zero-order chi connectivity index (χ0) is 24.1. The van der Waals surface area contributed by atoms with Crippen LogP contribution in [0.25, 0.3) is 5.32 Å². The van der Waals surface area contributed by atoms with Gasteiger partial charge in [-0.2, -0.15) is 5.70 Å². The van der Waals surface area contributed by atoms with Crippen LogP contribution in [0.2, 0.25) is 0 Å². The summed E-state index contributed by atoms with van der Waals surface area (Å²) in [7, 11) is 0. The van der Waals surface area contributed by atoms with Gasteiger partial charge < -0.3 is 34.0 Å². The van der Waals surface area contributed by atoms with Crippen molar-refractivity contribution >= 4 is 34.5 Å². The number of ether oxygens (including phenoxy) is 1. The van der Waals surface area contributed by atoms with Gasteiger partial charge in [0.05, 0.1) is 0 Å². The molecule has 0 amide bonds. The predicted octanol–water partition coefficient (Wildman–Crippen LogP) is 3.81. The third-order valence-electron chi connectivity index (χ3n) is 5.21. The largest absolute Gasteiger partial charge is 2.00 e. The Hall–Kier alpha value is -0.894. The Morgan fingerprint density at radius 2 is 1.35 bits per heavy atom. The fraction of sp³-hybridized carbons (Fsp3) is 0.483. The zero-order valence-electron chi connectivity index (χ0n) is 22.8. The molecule has 0 bridgehead atoms. The van der Waals surface area contributed by atoms with Gasteiger partial charge in [-0.15, -0.1) is 5.69 Å². The molecule has 0 radical (unpaired) electrons. The van der Waals surface area contributed by atoms with E-state index in [-0.39, 0.29) is 53.1 Å². The molecule has 0 saturated heterocycles. The molecule has 3 nitrogen and oxygen atoms in total. The number of nitrogens with zero attached hydrogens (tertiary/aromatic N) is 1. The number of rotatable bonds is 9. The number of para-hydroxylation sites is 1. The summed E-state index contributed by atoms with van der Waals surface area (Å²) < 4.78 is 4.83. The molecule has 1 atom stereocenters. The van der Waals surface area contributed by atoms with Crippen LogP contribution in [-0.2, 0) is 4.74 Å². The minimum Gasteiger partial charge on any atom is -1.00 e. The van der Waals surface area contributed by atoms with Crippen LogP contribution in [0.5, 0.6) is 0 Å². The maximum Gasteiger partial charge on any atom is 2.00 e. The van der Waals surface area contributed by atoms with Gasteiger partial charge in [0.1, 0.15) is 0 Å². The Labute approximate surface area is 242 Å². The number of hydrogen-bond acceptors (Lipinski definition) is 1. The van der Waals surface area contributed by atoms with Crippen molar-refractivity contribution in [3.63, 3.8) is 0 Å². The molecule has 2 rings (SSSR count). The summed E-state index contributed by atoms with van der Waals surface area (Å²) >= 11 is 0. The molecule has 0 aliphatic carbocycles. The van der Waals surface area contributed by atoms with Crippen molar-refractivity contribution in [1.82, 2.24) is 0 Å². The van der Waals surface area contributed by atoms with Crippen LogP contribution in [0.4, 0.5) is 5.69 Å². The van der Waals surface area contributed by atoms with Crippen molar-refractivity contribution in [3.8, 4) is 0 Å². The maximum absolute atomic E-state index is 5.02. The summed E-state index contributed by atoms with van der Waals surface area (Å²) in [6.07, 6.45) is 2.14. The molecule has 34 heavy (non-hydrogen) atoms. The maximum atomic E-state index is 5.02. The molecule has 2 aromatic rings. The third-order valence-corrected chi connectivity index (χ3v) is 5.21. The first-order chi connectivity index (χ1) is 15.2. The molecule has 0 aromatic heterocycles. The van der Waals surface area contributed by atoms with Crippen molar-refractivity contribution in [2.24, 2.45) is 0 Å². The molecule has 2 aromatic carbocycles. The van der Waals surface area contributed by atoms with Gasteiger partial charge in [-0.1, -0.05) is 94.3 Å². The summed E-state index contributed by atoms with van der Waals surface area (Å²) in [5, 5.41) is 5.02. The van der Waals surface area contributed by atoms with E-state index in [0.717, 1.165) is 30.3 Å². The van der Waals surface area contributed by atoms with E-state index in [4.69, 9.17) is 10.1 Å². The standard InChI is InChI=1S/C25H33N2.C4H10O.HI.Mg/c1-17(2)23-14-11-15-24(18(3)4)25(23)27-20(6)16-19(5)26-21(7)22-12-9-8-10-13-22;1-3-5-4-2;;/h8-18,21H,1-7H3;3-4H2,1-2H3;1H;/q-1;;;+2/b20-16-,26-19?;;;/t21-;;;/m0.../s1. The second-order valence-corrected chi connectivity index (χ2v) is 8.73. The van der Waals surface area contributed by atoms with E-state index in [1.165, 1.54) is 16.7 Å². The topological polar surface area (TPSA) is 37.3 Å². The van der Waals surface area contributed by atoms with E-state index in [0.29, 0.717) is 11.8 Å². The smallest absolute Gasteiger partial charge is 1.00 e. The number of nitrogens with one attached hydrogen (secondary N) is 1. The van der Waals surface area contributed by atoms with E-state index in [1.807, 2.05) is 19.9 Å². The molecule has 0 saturated carbocycles. The fourth-order valence-corrected chi connectivity index (χ4v) is 3.58. The molecule has 0 fully saturated rings. The average Bonchev–Trinajstić information content (AvgIpc) is 2.75. The second-order valence-electron chi connectivity index (χ2n) is 8.73. The van der Waals surface area contributed by atoms with Crippen LogP contribution in [0.3, 0.4) is 0 Å². The first kappa shape index (κ1) is 35.3. The summed E-state index contributed by atoms with van der Waals surface area (Å²) in [5.41, 5.74) is 7.21. The van der Waals surface area contributed by atoms with Gasteiger partial charge in [0.15, 0.2) is 11.8 Å². The van der Waals surface area contributed by atoms with E-state index >= 15 is 0 Å². The Balaban J connectivity index is 0. The second kappa shape index (κ2) is 19.3. The normalized spacial score (nSPS) is 12.3. The van der Waals surface area contributed by atoms with E-state index < -0.39 is 0 Å². The quantitative estimate of drug-likeness (QED) is 0.271. The Morgan fingerprint density at radius 3 is 1.76 bits per heavy atom. The summed E-state index contributed by atoms with van der Waals surface area (Å²) in [6.45, 7) is 21.0. The van der Waals surface area contributed by atoms with Gasteiger partial charge in [0.2, 0.25) is 0 Å². The Morgan fingerprint density at radius 1 is 0.853 bits per heavy atom. The minimum absolute atomic E-state index is 0. The number of halogens is 1. The van der Waals surface area contributed by atoms with Crippen LogP contribution < -0.4 is 29.0 Å². The van der Waals surface area contributed by atoms with Gasteiger partial charge in [0.25, 0.3) is 0 Å². The van der Waals surface area contributed by atoms with Crippen molar-refractivity contribution in [1.29, 1.82) is 0 Å². The van der Waals surface area contributed by atoms with E-state index in [1.54, 1.807) is 0 Å². The summed E-state index contributed by atoms with van der Waals surface area (Å²) in [4.78, 5) is 3.57.